The van der Waals surface area contributed by atoms with Gasteiger partial charge in [0, 0.05) is 113 Å². The maximum absolute atomic E-state index is 17.2. The molecule has 75 heavy (non-hydrogen) atoms. The fourth-order valence-corrected chi connectivity index (χ4v) is 13.8. The van der Waals surface area contributed by atoms with Crippen LogP contribution in [0.1, 0.15) is 78.5 Å². The number of ether oxygens (including phenoxy) is 1. The van der Waals surface area contributed by atoms with E-state index in [1.807, 2.05) is 35.2 Å². The summed E-state index contributed by atoms with van der Waals surface area (Å²) in [4.78, 5) is 91.7. The van der Waals surface area contributed by atoms with Crippen LogP contribution >= 0.6 is 0 Å². The number of hydrogen-bond acceptors (Lipinski definition) is 15. The maximum atomic E-state index is 17.2. The highest BCUT2D eigenvalue weighted by Crippen LogP contribution is 2.45. The Morgan fingerprint density at radius 1 is 0.787 bits per heavy atom. The highest BCUT2D eigenvalue weighted by atomic mass is 19.1. The molecule has 7 aliphatic heterocycles. The van der Waals surface area contributed by atoms with E-state index in [0.717, 1.165) is 85.2 Å². The Hall–Kier alpha value is -6.83. The van der Waals surface area contributed by atoms with Crippen LogP contribution in [0.25, 0.3) is 32.9 Å². The summed E-state index contributed by atoms with van der Waals surface area (Å²) in [5.41, 5.74) is 2.02. The molecule has 6 saturated heterocycles. The van der Waals surface area contributed by atoms with E-state index < -0.39 is 35.5 Å². The predicted octanol–water partition coefficient (Wildman–Crippen LogP) is 4.57. The molecule has 0 spiro atoms. The minimum absolute atomic E-state index is 0.0257. The smallest absolute Gasteiger partial charge is 0.319 e. The molecule has 7 fully saturated rings. The number of anilines is 2. The van der Waals surface area contributed by atoms with Crippen LogP contribution in [0, 0.1) is 23.6 Å². The Kier molecular flexibility index (Phi) is 12.2. The molecule has 1 aliphatic carbocycles. The first kappa shape index (κ1) is 47.9. The van der Waals surface area contributed by atoms with Crippen molar-refractivity contribution >= 4 is 62.7 Å². The summed E-state index contributed by atoms with van der Waals surface area (Å²) < 4.78 is 23.7. The lowest BCUT2D eigenvalue weighted by Gasteiger charge is -2.40. The molecule has 2 bridgehead atoms. The number of aromatic nitrogens is 3. The predicted molar refractivity (Wildman–Crippen MR) is 277 cm³/mol. The van der Waals surface area contributed by atoms with Gasteiger partial charge < -0.3 is 29.9 Å². The Morgan fingerprint density at radius 3 is 2.28 bits per heavy atom. The molecule has 390 valence electrons. The first-order chi connectivity index (χ1) is 36.4. The minimum Gasteiger partial charge on any atom is -0.508 e. The molecular formula is C56H62FN11O7. The van der Waals surface area contributed by atoms with Gasteiger partial charge in [-0.1, -0.05) is 24.3 Å². The van der Waals surface area contributed by atoms with Gasteiger partial charge in [-0.15, -0.1) is 0 Å². The normalized spacial score (nSPS) is 27.6. The molecule has 13 rings (SSSR count). The second-order valence-corrected chi connectivity index (χ2v) is 22.4. The zero-order valence-electron chi connectivity index (χ0n) is 42.1. The topological polar surface area (TPSA) is 197 Å². The molecule has 2 aromatic heterocycles. The Balaban J connectivity index is 0.650. The van der Waals surface area contributed by atoms with Crippen molar-refractivity contribution in [1.29, 1.82) is 0 Å². The summed E-state index contributed by atoms with van der Waals surface area (Å²) in [7, 11) is 2.11. The molecule has 3 N–H and O–H groups in total. The molecule has 9 heterocycles. The van der Waals surface area contributed by atoms with E-state index >= 15 is 4.39 Å². The van der Waals surface area contributed by atoms with Gasteiger partial charge in [0.2, 0.25) is 17.7 Å². The Labute approximate surface area is 433 Å². The second-order valence-electron chi connectivity index (χ2n) is 22.4. The number of phenols is 1. The lowest BCUT2D eigenvalue weighted by Crippen LogP contribution is -2.56. The summed E-state index contributed by atoms with van der Waals surface area (Å²) >= 11 is 0. The highest BCUT2D eigenvalue weighted by molar-refractivity contribution is 6.23. The van der Waals surface area contributed by atoms with Crippen molar-refractivity contribution in [3.05, 3.63) is 77.7 Å². The number of rotatable bonds is 9. The zero-order chi connectivity index (χ0) is 51.2. The molecule has 5 unspecified atom stereocenters. The van der Waals surface area contributed by atoms with Crippen molar-refractivity contribution in [2.45, 2.75) is 88.0 Å². The number of fused-ring (bicyclic) bond motifs is 6. The fourth-order valence-electron chi connectivity index (χ4n) is 13.8. The number of nitrogens with one attached hydrogen (secondary N) is 2. The van der Waals surface area contributed by atoms with E-state index in [-0.39, 0.29) is 70.8 Å². The number of nitrogens with zero attached hydrogens (tertiary/aromatic N) is 9. The molecular weight excluding hydrogens is 958 g/mol. The number of piperidine rings is 2. The van der Waals surface area contributed by atoms with E-state index in [1.54, 1.807) is 30.5 Å². The number of carbonyl (C=O) groups is 5. The third kappa shape index (κ3) is 8.69. The lowest BCUT2D eigenvalue weighted by molar-refractivity contribution is -0.138. The average Bonchev–Trinajstić information content (AvgIpc) is 3.89. The molecule has 19 heteroatoms. The van der Waals surface area contributed by atoms with Gasteiger partial charge >= 0.3 is 6.01 Å². The van der Waals surface area contributed by atoms with Crippen LogP contribution in [-0.2, 0) is 14.4 Å². The molecule has 5 amide bonds. The quantitative estimate of drug-likeness (QED) is 0.174. The Bertz CT molecular complexity index is 3140. The van der Waals surface area contributed by atoms with Gasteiger partial charge in [0.05, 0.1) is 16.5 Å². The van der Waals surface area contributed by atoms with Crippen molar-refractivity contribution in [2.24, 2.45) is 17.8 Å². The van der Waals surface area contributed by atoms with Crippen molar-refractivity contribution in [3.8, 4) is 23.0 Å². The van der Waals surface area contributed by atoms with E-state index in [9.17, 15) is 29.1 Å². The van der Waals surface area contributed by atoms with E-state index in [0.29, 0.717) is 74.5 Å². The van der Waals surface area contributed by atoms with Gasteiger partial charge in [-0.2, -0.15) is 9.97 Å². The first-order valence-corrected chi connectivity index (χ1v) is 27.0. The average molecular weight is 1020 g/mol. The van der Waals surface area contributed by atoms with Crippen LogP contribution in [-0.4, -0.2) is 172 Å². The number of piperazine rings is 2. The summed E-state index contributed by atoms with van der Waals surface area (Å²) in [5.74, 6) is -0.472. The monoisotopic (exact) mass is 1020 g/mol. The van der Waals surface area contributed by atoms with E-state index in [2.05, 4.69) is 37.3 Å². The van der Waals surface area contributed by atoms with Crippen LogP contribution < -0.4 is 25.2 Å². The van der Waals surface area contributed by atoms with Gasteiger partial charge in [0.1, 0.15) is 35.4 Å². The fraction of sp³-hybridized carbons (Fsp3) is 0.500. The van der Waals surface area contributed by atoms with Crippen LogP contribution in [0.4, 0.5) is 15.9 Å². The van der Waals surface area contributed by atoms with Gasteiger partial charge in [-0.3, -0.25) is 49.0 Å². The number of hydrogen-bond donors (Lipinski definition) is 3. The van der Waals surface area contributed by atoms with Gasteiger partial charge in [-0.25, -0.2) is 4.39 Å². The van der Waals surface area contributed by atoms with Gasteiger partial charge in [0.15, 0.2) is 5.82 Å². The molecule has 8 aliphatic rings. The van der Waals surface area contributed by atoms with Crippen molar-refractivity contribution in [2.75, 3.05) is 82.4 Å². The molecule has 5 aromatic rings. The number of likely N-dealkylation sites (tertiary alicyclic amines) is 1. The number of benzene rings is 3. The van der Waals surface area contributed by atoms with E-state index in [4.69, 9.17) is 19.7 Å². The van der Waals surface area contributed by atoms with Gasteiger partial charge in [-0.05, 0) is 111 Å². The molecule has 3 aromatic carbocycles. The summed E-state index contributed by atoms with van der Waals surface area (Å²) in [6.45, 7) is 6.74. The highest BCUT2D eigenvalue weighted by Gasteiger charge is 2.46. The van der Waals surface area contributed by atoms with E-state index in [1.165, 1.54) is 12.8 Å². The maximum Gasteiger partial charge on any atom is 0.319 e. The Morgan fingerprint density at radius 2 is 1.53 bits per heavy atom. The van der Waals surface area contributed by atoms with Crippen molar-refractivity contribution < 1.29 is 38.2 Å². The second kappa shape index (κ2) is 19.1. The number of likely N-dealkylation sites (N-methyl/N-ethyl adjacent to an activating group) is 1. The molecule has 18 nitrogen and oxygen atoms in total. The summed E-state index contributed by atoms with van der Waals surface area (Å²) in [6.07, 6.45) is 8.86. The zero-order valence-corrected chi connectivity index (χ0v) is 42.1. The molecule has 1 saturated carbocycles. The van der Waals surface area contributed by atoms with Crippen LogP contribution in [0.5, 0.6) is 11.8 Å². The number of carbonyl (C=O) groups excluding carboxylic acids is 5. The lowest BCUT2D eigenvalue weighted by atomic mass is 9.69. The standard InChI is InChI=1S/C56H62FN11O7/c1-63-29-38(65-16-18-66(19-17-65)53(72)31-12-14-64(15-13-31)37-8-9-42-44(24-37)55(74)68(54(42)73)46-10-11-47(70)60-52(46)71)23-39(63)30-75-56-61-50-45(51(62-56)67-27-35-20-32-6-7-33(32)21-36(28-67)59-35)26-58-49(48(50)57)43-25-40(69)22-34-4-2-3-5-41(34)43/h2-5,8-9,22,24-26,31-33,35-36,38-39,46,59,69H,6-7,10-21,23,27-30H2,1H3,(H,60,70,71)/t32?,33?,35?,36?,38-,39-,46?/m1/s1. The van der Waals surface area contributed by atoms with Crippen LogP contribution in [0.2, 0.25) is 0 Å². The van der Waals surface area contributed by atoms with Crippen molar-refractivity contribution in [3.63, 3.8) is 0 Å². The third-order valence-corrected chi connectivity index (χ3v) is 18.0. The largest absolute Gasteiger partial charge is 0.508 e. The number of aromatic hydroxyl groups is 1. The van der Waals surface area contributed by atoms with Crippen molar-refractivity contribution in [1.82, 2.24) is 45.2 Å². The first-order valence-electron chi connectivity index (χ1n) is 27.0. The SMILES string of the molecule is CN1C[C@H](N2CCN(C(=O)C3CCN(c4ccc5c(c4)C(=O)N(C4CCC(=O)NC4=O)C5=O)CC3)CC2)C[C@@H]1COc1nc(N2CC3CC4CCC4CC(C2)N3)c2cnc(-c3cc(O)cc4ccccc34)c(F)c2n1. The van der Waals surface area contributed by atoms with Crippen LogP contribution in [0.3, 0.4) is 0 Å². The summed E-state index contributed by atoms with van der Waals surface area (Å²) in [6, 6.07) is 16.0. The minimum atomic E-state index is -1.02. The number of halogens is 1. The number of imide groups is 2. The number of amides is 5. The number of pyridine rings is 1. The van der Waals surface area contributed by atoms with Gasteiger partial charge in [0.25, 0.3) is 11.8 Å². The number of phenolic OH excluding ortho intramolecular Hbond substituents is 1. The summed E-state index contributed by atoms with van der Waals surface area (Å²) in [5, 5.41) is 18.9. The molecule has 7 atom stereocenters. The van der Waals surface area contributed by atoms with Crippen LogP contribution in [0.15, 0.2) is 60.8 Å². The third-order valence-electron chi connectivity index (χ3n) is 18.0. The molecule has 0 radical (unpaired) electrons.